The Morgan fingerprint density at radius 1 is 1.38 bits per heavy atom. The van der Waals surface area contributed by atoms with Crippen LogP contribution in [-0.2, 0) is 19.4 Å². The summed E-state index contributed by atoms with van der Waals surface area (Å²) in [7, 11) is -3.08. The molecule has 0 aliphatic carbocycles. The van der Waals surface area contributed by atoms with Crippen LogP contribution in [0.2, 0.25) is 5.02 Å². The maximum absolute atomic E-state index is 12.8. The van der Waals surface area contributed by atoms with Gasteiger partial charge in [-0.2, -0.15) is 0 Å². The van der Waals surface area contributed by atoms with E-state index in [0.29, 0.717) is 30.3 Å². The van der Waals surface area contributed by atoms with Gasteiger partial charge in [0.05, 0.1) is 17.6 Å². The van der Waals surface area contributed by atoms with Crippen LogP contribution in [0.15, 0.2) is 18.2 Å². The van der Waals surface area contributed by atoms with E-state index in [-0.39, 0.29) is 36.2 Å². The number of carbonyl (C=O) groups is 1. The number of nitrogens with zero attached hydrogens (tertiary/aromatic N) is 1. The molecule has 0 bridgehead atoms. The molecular weight excluding hydrogens is 378 g/mol. The number of sulfone groups is 1. The summed E-state index contributed by atoms with van der Waals surface area (Å²) in [5, 5.41) is 0.609. The van der Waals surface area contributed by atoms with Gasteiger partial charge in [-0.15, -0.1) is 0 Å². The highest BCUT2D eigenvalue weighted by Gasteiger charge is 2.36. The lowest BCUT2D eigenvalue weighted by atomic mass is 10.1. The highest BCUT2D eigenvalue weighted by atomic mass is 35.5. The molecule has 0 radical (unpaired) electrons. The zero-order chi connectivity index (χ0) is 18.7. The van der Waals surface area contributed by atoms with E-state index in [1.165, 1.54) is 0 Å². The fourth-order valence-corrected chi connectivity index (χ4v) is 5.44. The van der Waals surface area contributed by atoms with Gasteiger partial charge in [0.25, 0.3) is 5.91 Å². The van der Waals surface area contributed by atoms with Crippen molar-refractivity contribution < 1.29 is 22.7 Å². The monoisotopic (exact) mass is 401 g/mol. The average Bonchev–Trinajstić information content (AvgIpc) is 3.20. The molecule has 6 nitrogen and oxygen atoms in total. The van der Waals surface area contributed by atoms with Crippen LogP contribution >= 0.6 is 11.6 Å². The standard InChI is InChI=1S/C18H24ClNO5S/c1-13-9-14(19)4-5-17(13)25-11-18(21)20(10-16-3-2-7-24-16)15-6-8-26(22,23)12-15/h4-5,9,15-16H,2-3,6-8,10-12H2,1H3/t15-,16-/m0/s1. The molecule has 0 aromatic heterocycles. The summed E-state index contributed by atoms with van der Waals surface area (Å²) in [5.74, 6) is 0.533. The second kappa shape index (κ2) is 8.15. The predicted octanol–water partition coefficient (Wildman–Crippen LogP) is 2.22. The van der Waals surface area contributed by atoms with E-state index in [1.54, 1.807) is 23.1 Å². The first-order valence-electron chi connectivity index (χ1n) is 8.84. The Bertz CT molecular complexity index is 761. The lowest BCUT2D eigenvalue weighted by molar-refractivity contribution is -0.137. The number of ether oxygens (including phenoxy) is 2. The topological polar surface area (TPSA) is 72.9 Å². The van der Waals surface area contributed by atoms with Crippen molar-refractivity contribution in [2.24, 2.45) is 0 Å². The van der Waals surface area contributed by atoms with Gasteiger partial charge in [0.15, 0.2) is 16.4 Å². The molecule has 2 atom stereocenters. The van der Waals surface area contributed by atoms with Crippen molar-refractivity contribution in [3.8, 4) is 5.75 Å². The van der Waals surface area contributed by atoms with Gasteiger partial charge in [0, 0.05) is 24.2 Å². The van der Waals surface area contributed by atoms with Crippen molar-refractivity contribution in [3.05, 3.63) is 28.8 Å². The SMILES string of the molecule is Cc1cc(Cl)ccc1OCC(=O)N(C[C@@H]1CCCO1)[C@H]1CCS(=O)(=O)C1. The van der Waals surface area contributed by atoms with Crippen LogP contribution in [0.4, 0.5) is 0 Å². The molecule has 3 rings (SSSR count). The minimum atomic E-state index is -3.08. The third-order valence-electron chi connectivity index (χ3n) is 4.88. The molecular formula is C18H24ClNO5S. The second-order valence-electron chi connectivity index (χ2n) is 6.94. The molecule has 0 saturated carbocycles. The molecule has 2 aliphatic rings. The van der Waals surface area contributed by atoms with Crippen LogP contribution in [-0.4, -0.2) is 62.6 Å². The van der Waals surface area contributed by atoms with Gasteiger partial charge in [-0.1, -0.05) is 11.6 Å². The van der Waals surface area contributed by atoms with Crippen LogP contribution < -0.4 is 4.74 Å². The van der Waals surface area contributed by atoms with E-state index < -0.39 is 9.84 Å². The van der Waals surface area contributed by atoms with Crippen LogP contribution in [0.1, 0.15) is 24.8 Å². The average molecular weight is 402 g/mol. The summed E-state index contributed by atoms with van der Waals surface area (Å²) in [6.45, 7) is 2.84. The molecule has 0 N–H and O–H groups in total. The van der Waals surface area contributed by atoms with Crippen LogP contribution in [0.3, 0.4) is 0 Å². The fraction of sp³-hybridized carbons (Fsp3) is 0.611. The maximum Gasteiger partial charge on any atom is 0.260 e. The lowest BCUT2D eigenvalue weighted by Crippen LogP contribution is -2.47. The van der Waals surface area contributed by atoms with E-state index in [9.17, 15) is 13.2 Å². The molecule has 1 amide bonds. The van der Waals surface area contributed by atoms with Gasteiger partial charge in [-0.25, -0.2) is 8.42 Å². The zero-order valence-electron chi connectivity index (χ0n) is 14.8. The Hall–Kier alpha value is -1.31. The quantitative estimate of drug-likeness (QED) is 0.730. The van der Waals surface area contributed by atoms with Crippen LogP contribution in [0, 0.1) is 6.92 Å². The smallest absolute Gasteiger partial charge is 0.260 e. The van der Waals surface area contributed by atoms with Crippen molar-refractivity contribution in [3.63, 3.8) is 0 Å². The first-order chi connectivity index (χ1) is 12.3. The Balaban J connectivity index is 1.67. The first-order valence-corrected chi connectivity index (χ1v) is 11.0. The van der Waals surface area contributed by atoms with Gasteiger partial charge in [-0.05, 0) is 49.9 Å². The van der Waals surface area contributed by atoms with Gasteiger partial charge < -0.3 is 14.4 Å². The molecule has 144 valence electrons. The Morgan fingerprint density at radius 2 is 2.19 bits per heavy atom. The summed E-state index contributed by atoms with van der Waals surface area (Å²) >= 11 is 5.94. The number of rotatable bonds is 6. The first kappa shape index (κ1) is 19.5. The Kier molecular flexibility index (Phi) is 6.10. The molecule has 1 aromatic carbocycles. The number of benzene rings is 1. The molecule has 2 aliphatic heterocycles. The summed E-state index contributed by atoms with van der Waals surface area (Å²) in [6, 6.07) is 4.92. The number of hydrogen-bond donors (Lipinski definition) is 0. The van der Waals surface area contributed by atoms with E-state index in [4.69, 9.17) is 21.1 Å². The molecule has 2 fully saturated rings. The minimum absolute atomic E-state index is 0.0193. The third-order valence-corrected chi connectivity index (χ3v) is 6.87. The number of carbonyl (C=O) groups excluding carboxylic acids is 1. The minimum Gasteiger partial charge on any atom is -0.483 e. The number of aryl methyl sites for hydroxylation is 1. The predicted molar refractivity (Wildman–Crippen MR) is 99.4 cm³/mol. The van der Waals surface area contributed by atoms with Gasteiger partial charge in [0.1, 0.15) is 5.75 Å². The van der Waals surface area contributed by atoms with E-state index in [0.717, 1.165) is 18.4 Å². The Morgan fingerprint density at radius 3 is 2.81 bits per heavy atom. The van der Waals surface area contributed by atoms with E-state index >= 15 is 0 Å². The second-order valence-corrected chi connectivity index (χ2v) is 9.60. The normalized spacial score (nSPS) is 24.5. The molecule has 2 heterocycles. The molecule has 8 heteroatoms. The zero-order valence-corrected chi connectivity index (χ0v) is 16.4. The third kappa shape index (κ3) is 4.90. The number of hydrogen-bond acceptors (Lipinski definition) is 5. The van der Waals surface area contributed by atoms with E-state index in [1.807, 2.05) is 6.92 Å². The highest BCUT2D eigenvalue weighted by molar-refractivity contribution is 7.91. The van der Waals surface area contributed by atoms with Crippen LogP contribution in [0.5, 0.6) is 5.75 Å². The molecule has 2 saturated heterocycles. The van der Waals surface area contributed by atoms with Gasteiger partial charge in [-0.3, -0.25) is 4.79 Å². The summed E-state index contributed by atoms with van der Waals surface area (Å²) in [5.41, 5.74) is 0.847. The molecule has 0 unspecified atom stereocenters. The molecule has 26 heavy (non-hydrogen) atoms. The maximum atomic E-state index is 12.8. The molecule has 0 spiro atoms. The number of halogens is 1. The van der Waals surface area contributed by atoms with Gasteiger partial charge in [0.2, 0.25) is 0 Å². The lowest BCUT2D eigenvalue weighted by Gasteiger charge is -2.30. The van der Waals surface area contributed by atoms with Crippen molar-refractivity contribution in [1.82, 2.24) is 4.90 Å². The van der Waals surface area contributed by atoms with Crippen LogP contribution in [0.25, 0.3) is 0 Å². The fourth-order valence-electron chi connectivity index (χ4n) is 3.48. The summed E-state index contributed by atoms with van der Waals surface area (Å²) in [4.78, 5) is 14.4. The molecule has 1 aromatic rings. The summed E-state index contributed by atoms with van der Waals surface area (Å²) in [6.07, 6.45) is 2.30. The van der Waals surface area contributed by atoms with Gasteiger partial charge >= 0.3 is 0 Å². The van der Waals surface area contributed by atoms with Crippen molar-refractivity contribution in [2.45, 2.75) is 38.3 Å². The van der Waals surface area contributed by atoms with Crippen molar-refractivity contribution >= 4 is 27.3 Å². The van der Waals surface area contributed by atoms with Crippen molar-refractivity contribution in [1.29, 1.82) is 0 Å². The highest BCUT2D eigenvalue weighted by Crippen LogP contribution is 2.24. The largest absolute Gasteiger partial charge is 0.483 e. The van der Waals surface area contributed by atoms with Crippen molar-refractivity contribution in [2.75, 3.05) is 31.3 Å². The summed E-state index contributed by atoms with van der Waals surface area (Å²) < 4.78 is 35.0. The number of amides is 1. The van der Waals surface area contributed by atoms with E-state index in [2.05, 4.69) is 0 Å². The Labute approximate surface area is 159 Å².